The molecule has 12 heteroatoms. The summed E-state index contributed by atoms with van der Waals surface area (Å²) in [5, 5.41) is 32.2. The number of hydrogen-bond donors (Lipinski definition) is 8. The molecule has 6 atom stereocenters. The third kappa shape index (κ3) is 14.2. The summed E-state index contributed by atoms with van der Waals surface area (Å²) >= 11 is 0. The first-order chi connectivity index (χ1) is 23.3. The second kappa shape index (κ2) is 23.3. The van der Waals surface area contributed by atoms with Crippen LogP contribution in [0.15, 0.2) is 78.9 Å². The fraction of sp³-hybridized carbons (Fsp3) is 0.474. The van der Waals surface area contributed by atoms with Crippen molar-refractivity contribution in [2.45, 2.75) is 101 Å². The number of rotatable bonds is 4. The number of hydrogen-bond acceptors (Lipinski definition) is 9. The number of nitrogens with one attached hydrogen (secondary N) is 4. The number of benzene rings is 2. The molecular formula is C38H56MnN7O4-. The molecule has 3 aliphatic rings. The summed E-state index contributed by atoms with van der Waals surface area (Å²) in [7, 11) is 0. The number of aliphatic carboxylic acids is 2. The van der Waals surface area contributed by atoms with E-state index < -0.39 is 24.0 Å². The SMILES string of the molecule is N[C@H](C(=O)O)c1ccccc1.N[C@H](C(=O)O)c1ccccc1.[CH3-].[Mn].c1cc2nc(c1)CN[C@H]1CCCC[C@@H]1NCCNC1CCCC[C@@H]1NC2. The average molecular weight is 730 g/mol. The summed E-state index contributed by atoms with van der Waals surface area (Å²) in [5.41, 5.74) is 14.3. The van der Waals surface area contributed by atoms with Crippen LogP contribution in [-0.2, 0) is 39.7 Å². The van der Waals surface area contributed by atoms with Gasteiger partial charge in [0.15, 0.2) is 0 Å². The zero-order chi connectivity index (χ0) is 34.1. The van der Waals surface area contributed by atoms with Crippen LogP contribution in [0.5, 0.6) is 0 Å². The van der Waals surface area contributed by atoms with Crippen molar-refractivity contribution in [2.24, 2.45) is 11.5 Å². The predicted molar refractivity (Wildman–Crippen MR) is 194 cm³/mol. The first-order valence-corrected chi connectivity index (χ1v) is 17.3. The first-order valence-electron chi connectivity index (χ1n) is 17.3. The van der Waals surface area contributed by atoms with Gasteiger partial charge in [-0.3, -0.25) is 14.6 Å². The third-order valence-electron chi connectivity index (χ3n) is 9.27. The number of fused-ring (bicyclic) bond motifs is 4. The number of carboxylic acid groups (broad SMARTS) is 2. The van der Waals surface area contributed by atoms with E-state index in [9.17, 15) is 9.59 Å². The Labute approximate surface area is 308 Å². The molecule has 50 heavy (non-hydrogen) atoms. The molecule has 2 aliphatic carbocycles. The molecule has 0 saturated heterocycles. The van der Waals surface area contributed by atoms with Gasteiger partial charge in [-0.05, 0) is 48.9 Å². The van der Waals surface area contributed by atoms with Gasteiger partial charge in [0.25, 0.3) is 0 Å². The number of aromatic nitrogens is 1. The van der Waals surface area contributed by atoms with Gasteiger partial charge in [-0.1, -0.05) is 92.4 Å². The standard InChI is InChI=1S/C21H35N5.2C8H9NO2.CH3.Mn/c1-3-10-20-18(8-1)22-12-13-23-19-9-2-4-11-21(19)25-15-17-7-5-6-16(26-17)14-24-20;2*9-7(8(10)11)6-4-2-1-3-5-6;;/h5-7,18-25H,1-4,8-15H2;2*1-5,7H,9H2,(H,10,11);1H3;/q;;;-1;/t18-,19?,20-,21-;2*7-;;/m000../s1. The van der Waals surface area contributed by atoms with Gasteiger partial charge in [0.1, 0.15) is 12.1 Å². The predicted octanol–water partition coefficient (Wildman–Crippen LogP) is 4.07. The summed E-state index contributed by atoms with van der Waals surface area (Å²) < 4.78 is 0. The smallest absolute Gasteiger partial charge is 0.325 e. The van der Waals surface area contributed by atoms with Gasteiger partial charge in [0, 0.05) is 67.4 Å². The summed E-state index contributed by atoms with van der Waals surface area (Å²) in [6, 6.07) is 24.4. The summed E-state index contributed by atoms with van der Waals surface area (Å²) in [6.07, 6.45) is 10.5. The molecule has 0 spiro atoms. The molecule has 275 valence electrons. The molecule has 1 radical (unpaired) electrons. The van der Waals surface area contributed by atoms with Crippen LogP contribution in [0.4, 0.5) is 0 Å². The Hall–Kier alpha value is -3.19. The molecular weight excluding hydrogens is 673 g/mol. The molecule has 11 nitrogen and oxygen atoms in total. The Balaban J connectivity index is 0.000000301. The Morgan fingerprint density at radius 3 is 1.26 bits per heavy atom. The second-order valence-corrected chi connectivity index (χ2v) is 12.7. The van der Waals surface area contributed by atoms with Crippen LogP contribution in [0.1, 0.15) is 86.0 Å². The summed E-state index contributed by atoms with van der Waals surface area (Å²) in [5.74, 6) is -2.01. The Morgan fingerprint density at radius 2 is 0.920 bits per heavy atom. The van der Waals surface area contributed by atoms with Crippen LogP contribution in [-0.4, -0.2) is 64.4 Å². The number of nitrogens with zero attached hydrogens (tertiary/aromatic N) is 1. The van der Waals surface area contributed by atoms with E-state index in [1.807, 2.05) is 12.1 Å². The molecule has 2 fully saturated rings. The summed E-state index contributed by atoms with van der Waals surface area (Å²) in [4.78, 5) is 25.6. The van der Waals surface area contributed by atoms with Crippen molar-refractivity contribution >= 4 is 11.9 Å². The minimum atomic E-state index is -1.00. The van der Waals surface area contributed by atoms with Crippen molar-refractivity contribution in [3.05, 3.63) is 109 Å². The minimum absolute atomic E-state index is 0. The van der Waals surface area contributed by atoms with Crippen LogP contribution < -0.4 is 32.7 Å². The largest absolute Gasteiger partial charge is 0.480 e. The van der Waals surface area contributed by atoms with Gasteiger partial charge in [-0.15, -0.1) is 0 Å². The quantitative estimate of drug-likeness (QED) is 0.143. The topological polar surface area (TPSA) is 188 Å². The van der Waals surface area contributed by atoms with E-state index in [-0.39, 0.29) is 24.5 Å². The van der Waals surface area contributed by atoms with Crippen LogP contribution >= 0.6 is 0 Å². The molecule has 1 unspecified atom stereocenters. The fourth-order valence-corrected chi connectivity index (χ4v) is 6.56. The van der Waals surface area contributed by atoms with Crippen LogP contribution in [0.2, 0.25) is 0 Å². The number of carboxylic acids is 2. The van der Waals surface area contributed by atoms with E-state index >= 15 is 0 Å². The molecule has 0 amide bonds. The van der Waals surface area contributed by atoms with Gasteiger partial charge in [-0.2, -0.15) is 0 Å². The van der Waals surface area contributed by atoms with E-state index in [4.69, 9.17) is 26.7 Å². The normalized spacial score (nSPS) is 23.2. The molecule has 2 heterocycles. The first kappa shape index (κ1) is 43.0. The third-order valence-corrected chi connectivity index (χ3v) is 9.27. The van der Waals surface area contributed by atoms with Crippen LogP contribution in [0.3, 0.4) is 0 Å². The molecule has 1 aromatic heterocycles. The second-order valence-electron chi connectivity index (χ2n) is 12.7. The molecule has 10 N–H and O–H groups in total. The zero-order valence-corrected chi connectivity index (χ0v) is 30.3. The van der Waals surface area contributed by atoms with Crippen molar-refractivity contribution in [1.82, 2.24) is 26.3 Å². The molecule has 2 aromatic carbocycles. The Morgan fingerprint density at radius 1 is 0.580 bits per heavy atom. The molecule has 6 rings (SSSR count). The molecule has 2 saturated carbocycles. The van der Waals surface area contributed by atoms with Crippen molar-refractivity contribution in [3.63, 3.8) is 0 Å². The van der Waals surface area contributed by atoms with Gasteiger partial charge < -0.3 is 50.4 Å². The molecule has 2 bridgehead atoms. The van der Waals surface area contributed by atoms with Crippen molar-refractivity contribution < 1.29 is 36.9 Å². The van der Waals surface area contributed by atoms with Crippen LogP contribution in [0.25, 0.3) is 0 Å². The van der Waals surface area contributed by atoms with E-state index in [0.717, 1.165) is 26.2 Å². The zero-order valence-electron chi connectivity index (χ0n) is 29.1. The van der Waals surface area contributed by atoms with Gasteiger partial charge in [0.05, 0.1) is 11.4 Å². The fourth-order valence-electron chi connectivity index (χ4n) is 6.56. The van der Waals surface area contributed by atoms with E-state index in [1.54, 1.807) is 48.5 Å². The van der Waals surface area contributed by atoms with Gasteiger partial charge >= 0.3 is 11.9 Å². The minimum Gasteiger partial charge on any atom is -0.480 e. The van der Waals surface area contributed by atoms with E-state index in [2.05, 4.69) is 39.5 Å². The van der Waals surface area contributed by atoms with Crippen molar-refractivity contribution in [2.75, 3.05) is 13.1 Å². The van der Waals surface area contributed by atoms with Crippen molar-refractivity contribution in [3.8, 4) is 0 Å². The van der Waals surface area contributed by atoms with E-state index in [1.165, 1.54) is 62.8 Å². The summed E-state index contributed by atoms with van der Waals surface area (Å²) in [6.45, 7) is 3.89. The number of nitrogens with two attached hydrogens (primary N) is 2. The Bertz CT molecular complexity index is 1290. The Kier molecular flexibility index (Phi) is 20.0. The monoisotopic (exact) mass is 729 g/mol. The maximum Gasteiger partial charge on any atom is 0.325 e. The average Bonchev–Trinajstić information content (AvgIpc) is 3.13. The maximum absolute atomic E-state index is 10.4. The van der Waals surface area contributed by atoms with Crippen molar-refractivity contribution in [1.29, 1.82) is 0 Å². The number of pyridine rings is 1. The van der Waals surface area contributed by atoms with Crippen LogP contribution in [0, 0.1) is 7.43 Å². The van der Waals surface area contributed by atoms with E-state index in [0.29, 0.717) is 35.3 Å². The maximum atomic E-state index is 10.4. The number of carbonyl (C=O) groups is 2. The molecule has 1 aliphatic heterocycles. The van der Waals surface area contributed by atoms with Gasteiger partial charge in [0.2, 0.25) is 0 Å². The van der Waals surface area contributed by atoms with Gasteiger partial charge in [-0.25, -0.2) is 0 Å². The molecule has 3 aromatic rings.